The summed E-state index contributed by atoms with van der Waals surface area (Å²) >= 11 is 0. The van der Waals surface area contributed by atoms with Crippen LogP contribution < -0.4 is 9.62 Å². The van der Waals surface area contributed by atoms with E-state index in [1.165, 1.54) is 11.0 Å². The molecule has 5 nitrogen and oxygen atoms in total. The molecule has 1 heterocycles. The number of nitrogens with one attached hydrogen (secondary N) is 1. The van der Waals surface area contributed by atoms with Crippen molar-refractivity contribution in [2.45, 2.75) is 23.9 Å². The lowest BCUT2D eigenvalue weighted by Gasteiger charge is -2.26. The van der Waals surface area contributed by atoms with Gasteiger partial charge in [0.05, 0.1) is 10.5 Å². The lowest BCUT2D eigenvalue weighted by atomic mass is 10.0. The molecule has 0 unspecified atom stereocenters. The molecule has 0 fully saturated rings. The molecule has 9 heteroatoms. The number of nitrogens with zero attached hydrogens (tertiary/aromatic N) is 1. The van der Waals surface area contributed by atoms with Gasteiger partial charge in [-0.15, -0.1) is 0 Å². The van der Waals surface area contributed by atoms with Crippen molar-refractivity contribution in [2.75, 3.05) is 16.7 Å². The van der Waals surface area contributed by atoms with Crippen LogP contribution in [0.1, 0.15) is 17.5 Å². The van der Waals surface area contributed by atoms with E-state index in [0.29, 0.717) is 24.6 Å². The van der Waals surface area contributed by atoms with Gasteiger partial charge in [-0.05, 0) is 48.4 Å². The fraction of sp³-hybridized carbons (Fsp3) is 0.235. The first kappa shape index (κ1) is 18.2. The number of aryl methyl sites for hydroxylation is 1. The zero-order chi connectivity index (χ0) is 19.1. The molecular weight excluding hydrogens is 369 g/mol. The van der Waals surface area contributed by atoms with Gasteiger partial charge in [0.15, 0.2) is 0 Å². The second-order valence-electron chi connectivity index (χ2n) is 5.93. The Morgan fingerprint density at radius 2 is 1.81 bits per heavy atom. The van der Waals surface area contributed by atoms with Crippen molar-refractivity contribution < 1.29 is 26.4 Å². The topological polar surface area (TPSA) is 66.5 Å². The number of amides is 1. The minimum Gasteiger partial charge on any atom is -0.315 e. The fourth-order valence-corrected chi connectivity index (χ4v) is 3.87. The molecule has 1 aliphatic rings. The molecule has 2 aromatic carbocycles. The Morgan fingerprint density at radius 1 is 1.08 bits per heavy atom. The third-order valence-electron chi connectivity index (χ3n) is 4.15. The largest absolute Gasteiger partial charge is 0.416 e. The molecule has 1 amide bonds. The molecule has 1 N–H and O–H groups in total. The molecule has 0 aliphatic carbocycles. The normalized spacial score (nSPS) is 14.9. The van der Waals surface area contributed by atoms with Gasteiger partial charge in [0.2, 0.25) is 5.91 Å². The Balaban J connectivity index is 1.90. The number of hydrogen-bond acceptors (Lipinski definition) is 3. The van der Waals surface area contributed by atoms with Crippen molar-refractivity contribution in [2.24, 2.45) is 0 Å². The van der Waals surface area contributed by atoms with Crippen molar-refractivity contribution >= 4 is 27.3 Å². The number of halogens is 3. The standard InChI is InChI=1S/C17H15F3N2O3S/c1-22-15-7-6-13(9-11(15)5-8-16(22)23)21-26(24,25)14-4-2-3-12(10-14)17(18,19)20/h2-4,6-7,9-10,21H,5,8H2,1H3. The number of benzene rings is 2. The molecule has 3 rings (SSSR count). The van der Waals surface area contributed by atoms with Crippen LogP contribution in [0.3, 0.4) is 0 Å². The summed E-state index contributed by atoms with van der Waals surface area (Å²) in [6, 6.07) is 8.21. The molecule has 0 spiro atoms. The van der Waals surface area contributed by atoms with E-state index >= 15 is 0 Å². The van der Waals surface area contributed by atoms with Gasteiger partial charge in [-0.1, -0.05) is 6.07 Å². The van der Waals surface area contributed by atoms with Gasteiger partial charge in [0.1, 0.15) is 0 Å². The first-order chi connectivity index (χ1) is 12.1. The van der Waals surface area contributed by atoms with E-state index in [9.17, 15) is 26.4 Å². The number of fused-ring (bicyclic) bond motifs is 1. The van der Waals surface area contributed by atoms with Gasteiger partial charge in [-0.25, -0.2) is 8.42 Å². The van der Waals surface area contributed by atoms with Crippen LogP contribution in [0.25, 0.3) is 0 Å². The van der Waals surface area contributed by atoms with E-state index in [4.69, 9.17) is 0 Å². The van der Waals surface area contributed by atoms with E-state index in [-0.39, 0.29) is 11.6 Å². The van der Waals surface area contributed by atoms with Crippen molar-refractivity contribution in [3.63, 3.8) is 0 Å². The van der Waals surface area contributed by atoms with Crippen LogP contribution >= 0.6 is 0 Å². The molecule has 1 aliphatic heterocycles. The van der Waals surface area contributed by atoms with Crippen molar-refractivity contribution in [3.8, 4) is 0 Å². The van der Waals surface area contributed by atoms with E-state index in [0.717, 1.165) is 23.8 Å². The lowest BCUT2D eigenvalue weighted by molar-refractivity contribution is -0.137. The maximum absolute atomic E-state index is 12.8. The molecule has 0 atom stereocenters. The number of hydrogen-bond donors (Lipinski definition) is 1. The predicted molar refractivity (Wildman–Crippen MR) is 90.4 cm³/mol. The molecule has 138 valence electrons. The summed E-state index contributed by atoms with van der Waals surface area (Å²) in [6.45, 7) is 0. The van der Waals surface area contributed by atoms with E-state index in [2.05, 4.69) is 4.72 Å². The monoisotopic (exact) mass is 384 g/mol. The zero-order valence-corrected chi connectivity index (χ0v) is 14.5. The summed E-state index contributed by atoms with van der Waals surface area (Å²) < 4.78 is 65.5. The smallest absolute Gasteiger partial charge is 0.315 e. The van der Waals surface area contributed by atoms with Gasteiger partial charge in [-0.2, -0.15) is 13.2 Å². The molecular formula is C17H15F3N2O3S. The van der Waals surface area contributed by atoms with Gasteiger partial charge < -0.3 is 4.90 Å². The molecule has 0 aromatic heterocycles. The van der Waals surface area contributed by atoms with E-state index in [1.807, 2.05) is 0 Å². The predicted octanol–water partition coefficient (Wildman–Crippen LogP) is 3.42. The zero-order valence-electron chi connectivity index (χ0n) is 13.7. The number of carbonyl (C=O) groups is 1. The summed E-state index contributed by atoms with van der Waals surface area (Å²) in [6.07, 6.45) is -3.85. The molecule has 0 bridgehead atoms. The number of alkyl halides is 3. The highest BCUT2D eigenvalue weighted by molar-refractivity contribution is 7.92. The summed E-state index contributed by atoms with van der Waals surface area (Å²) in [4.78, 5) is 12.7. The second kappa shape index (κ2) is 6.31. The Kier molecular flexibility index (Phi) is 4.43. The molecule has 0 radical (unpaired) electrons. The van der Waals surface area contributed by atoms with Crippen LogP contribution in [0, 0.1) is 0 Å². The van der Waals surface area contributed by atoms with Crippen molar-refractivity contribution in [1.29, 1.82) is 0 Å². The Labute approximate surface area is 148 Å². The summed E-state index contributed by atoms with van der Waals surface area (Å²) in [5.74, 6) is -0.0326. The van der Waals surface area contributed by atoms with Crippen molar-refractivity contribution in [1.82, 2.24) is 0 Å². The Bertz CT molecular complexity index is 971. The van der Waals surface area contributed by atoms with Crippen LogP contribution in [0.4, 0.5) is 24.5 Å². The van der Waals surface area contributed by atoms with Gasteiger partial charge in [0, 0.05) is 24.8 Å². The Morgan fingerprint density at radius 3 is 2.50 bits per heavy atom. The van der Waals surface area contributed by atoms with Gasteiger partial charge in [-0.3, -0.25) is 9.52 Å². The van der Waals surface area contributed by atoms with Crippen LogP contribution in [-0.2, 0) is 27.4 Å². The third-order valence-corrected chi connectivity index (χ3v) is 5.53. The summed E-state index contributed by atoms with van der Waals surface area (Å²) in [5, 5.41) is 0. The maximum Gasteiger partial charge on any atom is 0.416 e. The van der Waals surface area contributed by atoms with Crippen molar-refractivity contribution in [3.05, 3.63) is 53.6 Å². The average Bonchev–Trinajstić information content (AvgIpc) is 2.57. The highest BCUT2D eigenvalue weighted by Gasteiger charge is 2.31. The maximum atomic E-state index is 12.8. The van der Waals surface area contributed by atoms with Crippen LogP contribution in [0.15, 0.2) is 47.4 Å². The highest BCUT2D eigenvalue weighted by atomic mass is 32.2. The van der Waals surface area contributed by atoms with E-state index in [1.54, 1.807) is 19.2 Å². The highest BCUT2D eigenvalue weighted by Crippen LogP contribution is 2.32. The van der Waals surface area contributed by atoms with Crippen LogP contribution in [-0.4, -0.2) is 21.4 Å². The van der Waals surface area contributed by atoms with E-state index < -0.39 is 26.7 Å². The summed E-state index contributed by atoms with van der Waals surface area (Å²) in [7, 11) is -2.55. The minimum atomic E-state index is -4.63. The Hall–Kier alpha value is -2.55. The van der Waals surface area contributed by atoms with Gasteiger partial charge in [0.25, 0.3) is 10.0 Å². The van der Waals surface area contributed by atoms with Crippen LogP contribution in [0.5, 0.6) is 0 Å². The minimum absolute atomic E-state index is 0.0326. The lowest BCUT2D eigenvalue weighted by Crippen LogP contribution is -2.31. The molecule has 26 heavy (non-hydrogen) atoms. The number of carbonyl (C=O) groups excluding carboxylic acids is 1. The number of rotatable bonds is 3. The SMILES string of the molecule is CN1C(=O)CCc2cc(NS(=O)(=O)c3cccc(C(F)(F)F)c3)ccc21. The molecule has 0 saturated heterocycles. The third kappa shape index (κ3) is 3.52. The van der Waals surface area contributed by atoms with Crippen LogP contribution in [0.2, 0.25) is 0 Å². The molecule has 0 saturated carbocycles. The fourth-order valence-electron chi connectivity index (χ4n) is 2.77. The first-order valence-corrected chi connectivity index (χ1v) is 9.16. The van der Waals surface area contributed by atoms with Gasteiger partial charge >= 0.3 is 6.18 Å². The molecule has 2 aromatic rings. The summed E-state index contributed by atoms with van der Waals surface area (Å²) in [5.41, 5.74) is 0.662. The quantitative estimate of drug-likeness (QED) is 0.882. The number of sulfonamides is 1. The average molecular weight is 384 g/mol. The second-order valence-corrected chi connectivity index (χ2v) is 7.61. The number of anilines is 2. The first-order valence-electron chi connectivity index (χ1n) is 7.67.